The number of thioether (sulfide) groups is 1. The zero-order chi connectivity index (χ0) is 34.3. The molecule has 1 saturated heterocycles. The molecule has 4 atom stereocenters. The number of fused-ring (bicyclic) bond motifs is 1. The second-order valence-corrected chi connectivity index (χ2v) is 14.7. The minimum atomic E-state index is -0.561. The average Bonchev–Trinajstić information content (AvgIpc) is 3.60. The molecule has 7 rings (SSSR count). The van der Waals surface area contributed by atoms with Crippen molar-refractivity contribution in [2.45, 2.75) is 49.5 Å². The lowest BCUT2D eigenvalue weighted by atomic mass is 9.91. The number of aliphatic hydroxyl groups excluding tert-OH is 1. The van der Waals surface area contributed by atoms with Crippen LogP contribution in [0.5, 0.6) is 0 Å². The summed E-state index contributed by atoms with van der Waals surface area (Å²) in [6.45, 7) is 3.05. The van der Waals surface area contributed by atoms with Gasteiger partial charge in [-0.2, -0.15) is 0 Å². The average molecular weight is 702 g/mol. The molecular weight excluding hydrogens is 663 g/mol. The van der Waals surface area contributed by atoms with Crippen molar-refractivity contribution in [3.63, 3.8) is 0 Å². The molecule has 0 saturated carbocycles. The SMILES string of the molecule is C[C@@H]1[C@H](CSc2nc3ccccc3s2)O[C@H](c2ccc(-c3ccccc3CNC(=O)NCc3ccccc3)cc2)O[C@@H]1c1ccc(CO)cc1. The normalized spacial score (nSPS) is 18.9. The van der Waals surface area contributed by atoms with Gasteiger partial charge in [-0.1, -0.05) is 134 Å². The molecule has 1 aliphatic rings. The van der Waals surface area contributed by atoms with Crippen molar-refractivity contribution in [3.8, 4) is 11.1 Å². The van der Waals surface area contributed by atoms with Crippen molar-refractivity contribution in [2.75, 3.05) is 5.75 Å². The van der Waals surface area contributed by atoms with Crippen LogP contribution in [0.25, 0.3) is 21.3 Å². The van der Waals surface area contributed by atoms with E-state index in [1.807, 2.05) is 91.0 Å². The molecule has 0 radical (unpaired) electrons. The predicted molar refractivity (Wildman–Crippen MR) is 201 cm³/mol. The van der Waals surface area contributed by atoms with Gasteiger partial charge in [0, 0.05) is 30.3 Å². The van der Waals surface area contributed by atoms with Crippen LogP contribution in [-0.2, 0) is 29.2 Å². The Morgan fingerprint density at radius 1 is 0.780 bits per heavy atom. The predicted octanol–water partition coefficient (Wildman–Crippen LogP) is 9.04. The highest BCUT2D eigenvalue weighted by Gasteiger charge is 2.38. The van der Waals surface area contributed by atoms with E-state index in [0.717, 1.165) is 54.6 Å². The summed E-state index contributed by atoms with van der Waals surface area (Å²) in [6.07, 6.45) is -0.844. The molecule has 0 bridgehead atoms. The van der Waals surface area contributed by atoms with Crippen LogP contribution in [-0.4, -0.2) is 28.0 Å². The maximum atomic E-state index is 12.6. The fraction of sp³-hybridized carbons (Fsp3) is 0.220. The summed E-state index contributed by atoms with van der Waals surface area (Å²) in [4.78, 5) is 17.4. The molecule has 0 unspecified atom stereocenters. The maximum absolute atomic E-state index is 12.6. The van der Waals surface area contributed by atoms with E-state index in [0.29, 0.717) is 13.1 Å². The van der Waals surface area contributed by atoms with Gasteiger partial charge in [0.1, 0.15) is 0 Å². The Bertz CT molecular complexity index is 1990. The van der Waals surface area contributed by atoms with Crippen molar-refractivity contribution < 1.29 is 19.4 Å². The molecule has 0 spiro atoms. The molecule has 2 amide bonds. The first-order chi connectivity index (χ1) is 24.5. The highest BCUT2D eigenvalue weighted by atomic mass is 32.2. The number of nitrogens with zero attached hydrogens (tertiary/aromatic N) is 1. The van der Waals surface area contributed by atoms with E-state index in [4.69, 9.17) is 14.5 Å². The number of carbonyl (C=O) groups excluding carboxylic acids is 1. The molecule has 254 valence electrons. The Labute approximate surface area is 300 Å². The summed E-state index contributed by atoms with van der Waals surface area (Å²) >= 11 is 3.43. The molecule has 2 heterocycles. The first-order valence-electron chi connectivity index (χ1n) is 16.8. The Kier molecular flexibility index (Phi) is 10.9. The number of carbonyl (C=O) groups is 1. The van der Waals surface area contributed by atoms with Crippen molar-refractivity contribution in [1.82, 2.24) is 15.6 Å². The van der Waals surface area contributed by atoms with E-state index in [1.54, 1.807) is 23.1 Å². The number of para-hydroxylation sites is 1. The van der Waals surface area contributed by atoms with E-state index >= 15 is 0 Å². The quantitative estimate of drug-likeness (QED) is 0.117. The van der Waals surface area contributed by atoms with Gasteiger partial charge in [0.15, 0.2) is 10.6 Å². The minimum absolute atomic E-state index is 0.00151. The second kappa shape index (κ2) is 16.0. The molecule has 50 heavy (non-hydrogen) atoms. The van der Waals surface area contributed by atoms with Gasteiger partial charge in [-0.25, -0.2) is 9.78 Å². The van der Waals surface area contributed by atoms with Crippen molar-refractivity contribution in [2.24, 2.45) is 5.92 Å². The monoisotopic (exact) mass is 701 g/mol. The first-order valence-corrected chi connectivity index (χ1v) is 18.6. The topological polar surface area (TPSA) is 92.7 Å². The molecule has 1 aliphatic heterocycles. The lowest BCUT2D eigenvalue weighted by Crippen LogP contribution is -2.38. The Morgan fingerprint density at radius 2 is 1.48 bits per heavy atom. The third-order valence-corrected chi connectivity index (χ3v) is 11.3. The van der Waals surface area contributed by atoms with Crippen LogP contribution in [0.1, 0.15) is 47.1 Å². The van der Waals surface area contributed by atoms with Crippen LogP contribution in [0.2, 0.25) is 0 Å². The number of thiazole rings is 1. The number of urea groups is 1. The van der Waals surface area contributed by atoms with Gasteiger partial charge in [0.05, 0.1) is 29.0 Å². The van der Waals surface area contributed by atoms with Crippen LogP contribution in [0.15, 0.2) is 132 Å². The highest BCUT2D eigenvalue weighted by molar-refractivity contribution is 8.01. The Hall–Kier alpha value is -4.51. The second-order valence-electron chi connectivity index (χ2n) is 12.4. The van der Waals surface area contributed by atoms with Gasteiger partial charge in [-0.15, -0.1) is 11.3 Å². The van der Waals surface area contributed by atoms with E-state index in [-0.39, 0.29) is 30.8 Å². The maximum Gasteiger partial charge on any atom is 0.315 e. The van der Waals surface area contributed by atoms with E-state index in [9.17, 15) is 9.90 Å². The van der Waals surface area contributed by atoms with E-state index < -0.39 is 6.29 Å². The van der Waals surface area contributed by atoms with Gasteiger partial charge in [0.25, 0.3) is 0 Å². The molecule has 1 aromatic heterocycles. The van der Waals surface area contributed by atoms with Gasteiger partial charge in [-0.3, -0.25) is 0 Å². The number of aliphatic hydroxyl groups is 1. The number of rotatable bonds is 11. The number of hydrogen-bond donors (Lipinski definition) is 3. The molecule has 5 aromatic carbocycles. The standard InChI is InChI=1S/C41H39N3O4S2/c1-27-36(26-49-41-44-35-13-7-8-14-37(35)50-41)47-39(48-38(27)31-17-15-29(25-45)16-18-31)32-21-19-30(20-22-32)34-12-6-5-11-33(34)24-43-40(46)42-23-28-9-3-2-4-10-28/h2-22,27,36,38-39,45H,23-26H2,1H3,(H2,42,43,46)/t27-,36+,38+,39+/m1/s1. The highest BCUT2D eigenvalue weighted by Crippen LogP contribution is 2.44. The van der Waals surface area contributed by atoms with Crippen LogP contribution < -0.4 is 10.6 Å². The smallest absolute Gasteiger partial charge is 0.315 e. The minimum Gasteiger partial charge on any atom is -0.392 e. The van der Waals surface area contributed by atoms with Crippen molar-refractivity contribution >= 4 is 39.3 Å². The lowest BCUT2D eigenvalue weighted by Gasteiger charge is -2.41. The Balaban J connectivity index is 1.06. The molecule has 9 heteroatoms. The summed E-state index contributed by atoms with van der Waals surface area (Å²) in [7, 11) is 0. The van der Waals surface area contributed by atoms with Crippen molar-refractivity contribution in [1.29, 1.82) is 0 Å². The van der Waals surface area contributed by atoms with Gasteiger partial charge in [-0.05, 0) is 45.5 Å². The van der Waals surface area contributed by atoms with Crippen LogP contribution >= 0.6 is 23.1 Å². The summed E-state index contributed by atoms with van der Waals surface area (Å²) < 4.78 is 15.6. The van der Waals surface area contributed by atoms with Gasteiger partial charge >= 0.3 is 6.03 Å². The van der Waals surface area contributed by atoms with Crippen LogP contribution in [0.3, 0.4) is 0 Å². The number of nitrogens with one attached hydrogen (secondary N) is 2. The number of hydrogen-bond acceptors (Lipinski definition) is 7. The third-order valence-electron chi connectivity index (χ3n) is 9.02. The fourth-order valence-corrected chi connectivity index (χ4v) is 8.43. The van der Waals surface area contributed by atoms with E-state index in [2.05, 4.69) is 54.0 Å². The van der Waals surface area contributed by atoms with Crippen LogP contribution in [0.4, 0.5) is 4.79 Å². The molecule has 6 aromatic rings. The van der Waals surface area contributed by atoms with Crippen molar-refractivity contribution in [3.05, 3.63) is 155 Å². The number of benzene rings is 5. The zero-order valence-electron chi connectivity index (χ0n) is 27.7. The van der Waals surface area contributed by atoms with Gasteiger partial charge < -0.3 is 25.2 Å². The summed E-state index contributed by atoms with van der Waals surface area (Å²) in [5, 5.41) is 15.5. The fourth-order valence-electron chi connectivity index (χ4n) is 6.17. The van der Waals surface area contributed by atoms with E-state index in [1.165, 1.54) is 4.70 Å². The summed E-state index contributed by atoms with van der Waals surface area (Å²) in [5.41, 5.74) is 8.04. The molecular formula is C41H39N3O4S2. The summed E-state index contributed by atoms with van der Waals surface area (Å²) in [6, 6.07) is 42.3. The molecule has 0 aliphatic carbocycles. The molecule has 7 nitrogen and oxygen atoms in total. The third kappa shape index (κ3) is 8.09. The van der Waals surface area contributed by atoms with Gasteiger partial charge in [0.2, 0.25) is 0 Å². The number of ether oxygens (including phenoxy) is 2. The molecule has 3 N–H and O–H groups in total. The number of amides is 2. The Morgan fingerprint density at radius 3 is 2.26 bits per heavy atom. The zero-order valence-corrected chi connectivity index (χ0v) is 29.3. The first kappa shape index (κ1) is 34.0. The lowest BCUT2D eigenvalue weighted by molar-refractivity contribution is -0.268. The van der Waals surface area contributed by atoms with Crippen LogP contribution in [0, 0.1) is 5.92 Å². The summed E-state index contributed by atoms with van der Waals surface area (Å²) in [5.74, 6) is 0.820. The largest absolute Gasteiger partial charge is 0.392 e. The number of aromatic nitrogens is 1. The molecule has 1 fully saturated rings.